The number of Topliss-reactive ketones (excluding diaryl/α,β-unsaturated/α-hetero) is 1. The van der Waals surface area contributed by atoms with Crippen LogP contribution in [-0.4, -0.2) is 33.0 Å². The van der Waals surface area contributed by atoms with E-state index in [1.165, 1.54) is 21.3 Å². The van der Waals surface area contributed by atoms with E-state index in [4.69, 9.17) is 25.8 Å². The van der Waals surface area contributed by atoms with Crippen molar-refractivity contribution < 1.29 is 23.8 Å². The number of carbonyl (C=O) groups is 2. The van der Waals surface area contributed by atoms with Crippen LogP contribution in [0.1, 0.15) is 23.2 Å². The fourth-order valence-electron chi connectivity index (χ4n) is 2.34. The van der Waals surface area contributed by atoms with Crippen molar-refractivity contribution in [2.75, 3.05) is 26.6 Å². The van der Waals surface area contributed by atoms with Crippen LogP contribution in [0.25, 0.3) is 0 Å². The van der Waals surface area contributed by atoms with Crippen LogP contribution in [0.5, 0.6) is 17.2 Å². The normalized spacial score (nSPS) is 10.2. The monoisotopic (exact) mass is 377 g/mol. The lowest BCUT2D eigenvalue weighted by Crippen LogP contribution is -2.14. The quantitative estimate of drug-likeness (QED) is 0.704. The summed E-state index contributed by atoms with van der Waals surface area (Å²) in [6.45, 7) is 0. The van der Waals surface area contributed by atoms with Gasteiger partial charge in [0.25, 0.3) is 0 Å². The molecule has 6 nitrogen and oxygen atoms in total. The van der Waals surface area contributed by atoms with Crippen LogP contribution < -0.4 is 19.5 Å². The lowest BCUT2D eigenvalue weighted by molar-refractivity contribution is -0.116. The predicted molar refractivity (Wildman–Crippen MR) is 99.7 cm³/mol. The first-order valence-corrected chi connectivity index (χ1v) is 8.25. The maximum atomic E-state index is 12.2. The van der Waals surface area contributed by atoms with E-state index in [1.807, 2.05) is 0 Å². The largest absolute Gasteiger partial charge is 0.497 e. The van der Waals surface area contributed by atoms with E-state index in [9.17, 15) is 9.59 Å². The van der Waals surface area contributed by atoms with Gasteiger partial charge in [-0.25, -0.2) is 0 Å². The Balaban J connectivity index is 2.01. The molecule has 0 aliphatic carbocycles. The first-order chi connectivity index (χ1) is 12.5. The van der Waals surface area contributed by atoms with Crippen LogP contribution in [-0.2, 0) is 4.79 Å². The highest BCUT2D eigenvalue weighted by Crippen LogP contribution is 2.35. The molecule has 138 valence electrons. The van der Waals surface area contributed by atoms with Crippen LogP contribution in [0.2, 0.25) is 5.02 Å². The number of anilines is 1. The summed E-state index contributed by atoms with van der Waals surface area (Å²) in [6.07, 6.45) is 0.107. The maximum absolute atomic E-state index is 12.2. The fourth-order valence-corrected chi connectivity index (χ4v) is 2.57. The first kappa shape index (κ1) is 19.6. The third kappa shape index (κ3) is 4.89. The standard InChI is InChI=1S/C19H20ClNO5/c1-24-13-6-4-5-12(9-13)16(22)7-8-19(23)21-15-11-17(25-2)14(20)10-18(15)26-3/h4-6,9-11H,7-8H2,1-3H3,(H,21,23). The zero-order valence-electron chi connectivity index (χ0n) is 14.8. The van der Waals surface area contributed by atoms with E-state index < -0.39 is 0 Å². The highest BCUT2D eigenvalue weighted by molar-refractivity contribution is 6.32. The third-order valence-electron chi connectivity index (χ3n) is 3.72. The topological polar surface area (TPSA) is 73.9 Å². The minimum Gasteiger partial charge on any atom is -0.497 e. The molecular formula is C19H20ClNO5. The highest BCUT2D eigenvalue weighted by Gasteiger charge is 2.14. The van der Waals surface area contributed by atoms with Crippen LogP contribution in [0, 0.1) is 0 Å². The molecule has 0 fully saturated rings. The van der Waals surface area contributed by atoms with E-state index in [-0.39, 0.29) is 24.5 Å². The van der Waals surface area contributed by atoms with Crippen LogP contribution >= 0.6 is 11.6 Å². The zero-order chi connectivity index (χ0) is 19.1. The molecule has 0 spiro atoms. The number of halogens is 1. The Morgan fingerprint density at radius 3 is 2.35 bits per heavy atom. The Morgan fingerprint density at radius 1 is 0.962 bits per heavy atom. The summed E-state index contributed by atoms with van der Waals surface area (Å²) in [5.41, 5.74) is 0.926. The second-order valence-electron chi connectivity index (χ2n) is 5.39. The molecule has 1 N–H and O–H groups in total. The number of ketones is 1. The first-order valence-electron chi connectivity index (χ1n) is 7.87. The van der Waals surface area contributed by atoms with Crippen molar-refractivity contribution in [3.05, 3.63) is 47.0 Å². The van der Waals surface area contributed by atoms with Gasteiger partial charge in [0.15, 0.2) is 5.78 Å². The van der Waals surface area contributed by atoms with Crippen LogP contribution in [0.15, 0.2) is 36.4 Å². The third-order valence-corrected chi connectivity index (χ3v) is 4.01. The van der Waals surface area contributed by atoms with E-state index >= 15 is 0 Å². The fraction of sp³-hybridized carbons (Fsp3) is 0.263. The molecule has 7 heteroatoms. The second kappa shape index (κ2) is 9.10. The number of nitrogens with one attached hydrogen (secondary N) is 1. The summed E-state index contributed by atoms with van der Waals surface area (Å²) in [5.74, 6) is 0.959. The Hall–Kier alpha value is -2.73. The summed E-state index contributed by atoms with van der Waals surface area (Å²) < 4.78 is 15.4. The average molecular weight is 378 g/mol. The number of ether oxygens (including phenoxy) is 3. The Bertz CT molecular complexity index is 807. The number of methoxy groups -OCH3 is 3. The van der Waals surface area contributed by atoms with Crippen molar-refractivity contribution in [3.63, 3.8) is 0 Å². The van der Waals surface area contributed by atoms with Gasteiger partial charge >= 0.3 is 0 Å². The molecule has 0 aliphatic rings. The summed E-state index contributed by atoms with van der Waals surface area (Å²) >= 11 is 6.04. The number of rotatable bonds is 8. The number of hydrogen-bond acceptors (Lipinski definition) is 5. The lowest BCUT2D eigenvalue weighted by Gasteiger charge is -2.13. The SMILES string of the molecule is COc1cccc(C(=O)CCC(=O)Nc2cc(OC)c(Cl)cc2OC)c1. The molecule has 2 aromatic carbocycles. The summed E-state index contributed by atoms with van der Waals surface area (Å²) in [7, 11) is 4.48. The molecule has 0 saturated heterocycles. The molecule has 0 unspecified atom stereocenters. The van der Waals surface area contributed by atoms with Gasteiger partial charge < -0.3 is 19.5 Å². The average Bonchev–Trinajstić information content (AvgIpc) is 2.67. The molecule has 0 aliphatic heterocycles. The molecule has 0 saturated carbocycles. The lowest BCUT2D eigenvalue weighted by atomic mass is 10.1. The molecule has 0 heterocycles. The van der Waals surface area contributed by atoms with Crippen molar-refractivity contribution in [1.82, 2.24) is 0 Å². The minimum atomic E-state index is -0.316. The Kier molecular flexibility index (Phi) is 6.86. The van der Waals surface area contributed by atoms with E-state index in [1.54, 1.807) is 36.4 Å². The van der Waals surface area contributed by atoms with Crippen LogP contribution in [0.3, 0.4) is 0 Å². The molecule has 0 aromatic heterocycles. The molecule has 0 bridgehead atoms. The second-order valence-corrected chi connectivity index (χ2v) is 5.80. The van der Waals surface area contributed by atoms with Crippen molar-refractivity contribution in [2.24, 2.45) is 0 Å². The van der Waals surface area contributed by atoms with Gasteiger partial charge in [0, 0.05) is 30.5 Å². The number of amides is 1. The molecule has 26 heavy (non-hydrogen) atoms. The molecular weight excluding hydrogens is 358 g/mol. The molecule has 0 radical (unpaired) electrons. The maximum Gasteiger partial charge on any atom is 0.224 e. The Morgan fingerprint density at radius 2 is 1.69 bits per heavy atom. The van der Waals surface area contributed by atoms with Crippen molar-refractivity contribution in [2.45, 2.75) is 12.8 Å². The molecule has 1 amide bonds. The number of carbonyl (C=O) groups excluding carboxylic acids is 2. The summed E-state index contributed by atoms with van der Waals surface area (Å²) in [6, 6.07) is 9.95. The number of benzene rings is 2. The van der Waals surface area contributed by atoms with Gasteiger partial charge in [-0.15, -0.1) is 0 Å². The molecule has 2 rings (SSSR count). The predicted octanol–water partition coefficient (Wildman–Crippen LogP) is 3.97. The van der Waals surface area contributed by atoms with Gasteiger partial charge in [0.05, 0.1) is 32.0 Å². The smallest absolute Gasteiger partial charge is 0.224 e. The number of hydrogen-bond donors (Lipinski definition) is 1. The van der Waals surface area contributed by atoms with Gasteiger partial charge in [-0.2, -0.15) is 0 Å². The summed E-state index contributed by atoms with van der Waals surface area (Å²) in [4.78, 5) is 24.4. The van der Waals surface area contributed by atoms with Crippen molar-refractivity contribution >= 4 is 29.0 Å². The van der Waals surface area contributed by atoms with Gasteiger partial charge in [0.1, 0.15) is 17.2 Å². The van der Waals surface area contributed by atoms with E-state index in [0.29, 0.717) is 33.5 Å². The van der Waals surface area contributed by atoms with Gasteiger partial charge in [-0.1, -0.05) is 23.7 Å². The Labute approximate surface area is 157 Å². The minimum absolute atomic E-state index is 0.0319. The highest BCUT2D eigenvalue weighted by atomic mass is 35.5. The van der Waals surface area contributed by atoms with E-state index in [2.05, 4.69) is 5.32 Å². The zero-order valence-corrected chi connectivity index (χ0v) is 15.6. The van der Waals surface area contributed by atoms with Gasteiger partial charge in [-0.05, 0) is 12.1 Å². The van der Waals surface area contributed by atoms with Gasteiger partial charge in [0.2, 0.25) is 5.91 Å². The van der Waals surface area contributed by atoms with Crippen LogP contribution in [0.4, 0.5) is 5.69 Å². The van der Waals surface area contributed by atoms with Gasteiger partial charge in [-0.3, -0.25) is 9.59 Å². The van der Waals surface area contributed by atoms with Crippen molar-refractivity contribution in [3.8, 4) is 17.2 Å². The molecule has 2 aromatic rings. The van der Waals surface area contributed by atoms with Crippen molar-refractivity contribution in [1.29, 1.82) is 0 Å². The molecule has 0 atom stereocenters. The summed E-state index contributed by atoms with van der Waals surface area (Å²) in [5, 5.41) is 3.08. The van der Waals surface area contributed by atoms with E-state index in [0.717, 1.165) is 0 Å².